The van der Waals surface area contributed by atoms with Gasteiger partial charge in [-0.05, 0) is 35.4 Å². The lowest BCUT2D eigenvalue weighted by molar-refractivity contribution is -0.114. The molecule has 0 spiro atoms. The molecule has 24 heavy (non-hydrogen) atoms. The van der Waals surface area contributed by atoms with Gasteiger partial charge in [-0.1, -0.05) is 65.7 Å². The second-order valence-corrected chi connectivity index (χ2v) is 6.22. The molecule has 0 radical (unpaired) electrons. The maximum absolute atomic E-state index is 11.4. The van der Waals surface area contributed by atoms with E-state index in [1.54, 1.807) is 0 Å². The van der Waals surface area contributed by atoms with Crippen molar-refractivity contribution in [2.75, 3.05) is 5.32 Å². The van der Waals surface area contributed by atoms with Crippen molar-refractivity contribution in [1.82, 2.24) is 0 Å². The molecule has 120 valence electrons. The van der Waals surface area contributed by atoms with Gasteiger partial charge in [0, 0.05) is 33.8 Å². The molecule has 3 rings (SSSR count). The zero-order valence-electron chi connectivity index (χ0n) is 13.0. The van der Waals surface area contributed by atoms with Crippen LogP contribution >= 0.6 is 23.2 Å². The lowest BCUT2D eigenvalue weighted by atomic mass is 9.94. The maximum atomic E-state index is 11.4. The molecule has 3 aromatic rings. The number of carbonyl (C=O) groups excluding carboxylic acids is 1. The Balaban J connectivity index is 2.24. The van der Waals surface area contributed by atoms with Gasteiger partial charge in [-0.3, -0.25) is 4.79 Å². The van der Waals surface area contributed by atoms with Gasteiger partial charge in [-0.2, -0.15) is 0 Å². The van der Waals surface area contributed by atoms with E-state index in [0.29, 0.717) is 15.7 Å². The first-order valence-corrected chi connectivity index (χ1v) is 8.23. The fourth-order valence-electron chi connectivity index (χ4n) is 2.64. The summed E-state index contributed by atoms with van der Waals surface area (Å²) in [7, 11) is 0. The minimum atomic E-state index is -0.120. The van der Waals surface area contributed by atoms with Crippen LogP contribution in [0.5, 0.6) is 0 Å². The van der Waals surface area contributed by atoms with Gasteiger partial charge < -0.3 is 5.32 Å². The van der Waals surface area contributed by atoms with Crippen LogP contribution in [0.1, 0.15) is 6.92 Å². The summed E-state index contributed by atoms with van der Waals surface area (Å²) in [4.78, 5) is 11.4. The molecular formula is C20H15Cl2NO. The van der Waals surface area contributed by atoms with Crippen molar-refractivity contribution in [3.8, 4) is 22.3 Å². The number of nitrogens with one attached hydrogen (secondary N) is 1. The first-order valence-electron chi connectivity index (χ1n) is 7.47. The molecular weight excluding hydrogens is 341 g/mol. The Morgan fingerprint density at radius 2 is 1.29 bits per heavy atom. The van der Waals surface area contributed by atoms with E-state index in [1.807, 2.05) is 66.7 Å². The highest BCUT2D eigenvalue weighted by molar-refractivity contribution is 6.34. The number of rotatable bonds is 3. The maximum Gasteiger partial charge on any atom is 0.221 e. The highest BCUT2D eigenvalue weighted by Gasteiger charge is 2.13. The van der Waals surface area contributed by atoms with E-state index in [2.05, 4.69) is 5.32 Å². The minimum Gasteiger partial charge on any atom is -0.326 e. The van der Waals surface area contributed by atoms with Crippen molar-refractivity contribution >= 4 is 34.8 Å². The smallest absolute Gasteiger partial charge is 0.221 e. The molecule has 0 bridgehead atoms. The third kappa shape index (κ3) is 3.45. The normalized spacial score (nSPS) is 10.5. The van der Waals surface area contributed by atoms with Crippen LogP contribution in [0.2, 0.25) is 10.0 Å². The molecule has 0 aliphatic rings. The molecule has 0 saturated carbocycles. The van der Waals surface area contributed by atoms with Crippen LogP contribution in [-0.2, 0) is 4.79 Å². The molecule has 0 heterocycles. The zero-order valence-corrected chi connectivity index (χ0v) is 14.5. The summed E-state index contributed by atoms with van der Waals surface area (Å²) in [6.07, 6.45) is 0. The number of hydrogen-bond acceptors (Lipinski definition) is 1. The topological polar surface area (TPSA) is 29.1 Å². The van der Waals surface area contributed by atoms with Crippen LogP contribution in [0, 0.1) is 0 Å². The third-order valence-electron chi connectivity index (χ3n) is 3.67. The van der Waals surface area contributed by atoms with E-state index in [4.69, 9.17) is 23.2 Å². The number of anilines is 1. The standard InChI is InChI=1S/C20H15Cl2NO/c1-13(24)23-14-10-11-15(16-6-2-4-8-19(16)21)18(12-14)17-7-3-5-9-20(17)22/h2-12H,1H3,(H,23,24). The summed E-state index contributed by atoms with van der Waals surface area (Å²) in [6, 6.07) is 21.0. The van der Waals surface area contributed by atoms with Gasteiger partial charge in [0.2, 0.25) is 5.91 Å². The van der Waals surface area contributed by atoms with E-state index in [0.717, 1.165) is 22.3 Å². The molecule has 1 amide bonds. The highest BCUT2D eigenvalue weighted by atomic mass is 35.5. The molecule has 0 saturated heterocycles. The van der Waals surface area contributed by atoms with Crippen LogP contribution in [0.3, 0.4) is 0 Å². The van der Waals surface area contributed by atoms with Gasteiger partial charge in [0.15, 0.2) is 0 Å². The predicted octanol–water partition coefficient (Wildman–Crippen LogP) is 6.29. The average Bonchev–Trinajstić information content (AvgIpc) is 2.55. The van der Waals surface area contributed by atoms with Crippen LogP contribution in [0.25, 0.3) is 22.3 Å². The summed E-state index contributed by atoms with van der Waals surface area (Å²) in [6.45, 7) is 1.48. The summed E-state index contributed by atoms with van der Waals surface area (Å²) in [5, 5.41) is 4.12. The fraction of sp³-hybridized carbons (Fsp3) is 0.0500. The van der Waals surface area contributed by atoms with Gasteiger partial charge in [0.1, 0.15) is 0 Å². The zero-order chi connectivity index (χ0) is 17.1. The minimum absolute atomic E-state index is 0.120. The molecule has 2 nitrogen and oxygen atoms in total. The quantitative estimate of drug-likeness (QED) is 0.587. The van der Waals surface area contributed by atoms with Crippen molar-refractivity contribution in [1.29, 1.82) is 0 Å². The Kier molecular flexibility index (Phi) is 4.89. The van der Waals surface area contributed by atoms with Gasteiger partial charge in [-0.25, -0.2) is 0 Å². The summed E-state index contributed by atoms with van der Waals surface area (Å²) < 4.78 is 0. The van der Waals surface area contributed by atoms with E-state index in [-0.39, 0.29) is 5.91 Å². The van der Waals surface area contributed by atoms with Gasteiger partial charge in [0.05, 0.1) is 0 Å². The molecule has 0 unspecified atom stereocenters. The number of halogens is 2. The molecule has 4 heteroatoms. The van der Waals surface area contributed by atoms with Crippen molar-refractivity contribution in [3.05, 3.63) is 76.8 Å². The van der Waals surface area contributed by atoms with Crippen molar-refractivity contribution in [2.45, 2.75) is 6.92 Å². The highest BCUT2D eigenvalue weighted by Crippen LogP contribution is 2.39. The molecule has 0 aliphatic carbocycles. The largest absolute Gasteiger partial charge is 0.326 e. The first kappa shape index (κ1) is 16.6. The van der Waals surface area contributed by atoms with Gasteiger partial charge in [0.25, 0.3) is 0 Å². The lowest BCUT2D eigenvalue weighted by Crippen LogP contribution is -2.05. The molecule has 3 aromatic carbocycles. The number of hydrogen-bond donors (Lipinski definition) is 1. The number of benzene rings is 3. The number of amides is 1. The van der Waals surface area contributed by atoms with Crippen molar-refractivity contribution < 1.29 is 4.79 Å². The second kappa shape index (κ2) is 7.08. The van der Waals surface area contributed by atoms with E-state index in [9.17, 15) is 4.79 Å². The van der Waals surface area contributed by atoms with Gasteiger partial charge >= 0.3 is 0 Å². The van der Waals surface area contributed by atoms with E-state index < -0.39 is 0 Å². The Hall–Kier alpha value is -2.29. The Bertz CT molecular complexity index is 906. The Morgan fingerprint density at radius 3 is 1.83 bits per heavy atom. The van der Waals surface area contributed by atoms with Crippen molar-refractivity contribution in [2.24, 2.45) is 0 Å². The predicted molar refractivity (Wildman–Crippen MR) is 102 cm³/mol. The monoisotopic (exact) mass is 355 g/mol. The van der Waals surface area contributed by atoms with Crippen LogP contribution < -0.4 is 5.32 Å². The fourth-order valence-corrected chi connectivity index (χ4v) is 3.12. The van der Waals surface area contributed by atoms with Crippen LogP contribution in [0.4, 0.5) is 5.69 Å². The average molecular weight is 356 g/mol. The van der Waals surface area contributed by atoms with Gasteiger partial charge in [-0.15, -0.1) is 0 Å². The summed E-state index contributed by atoms with van der Waals surface area (Å²) in [5.41, 5.74) is 4.40. The third-order valence-corrected chi connectivity index (χ3v) is 4.33. The molecule has 1 N–H and O–H groups in total. The van der Waals surface area contributed by atoms with Crippen LogP contribution in [0.15, 0.2) is 66.7 Å². The molecule has 0 atom stereocenters. The molecule has 0 aliphatic heterocycles. The summed E-state index contributed by atoms with van der Waals surface area (Å²) in [5.74, 6) is -0.120. The Labute approximate surface area is 151 Å². The summed E-state index contributed by atoms with van der Waals surface area (Å²) >= 11 is 12.8. The Morgan fingerprint density at radius 1 is 0.750 bits per heavy atom. The SMILES string of the molecule is CC(=O)Nc1ccc(-c2ccccc2Cl)c(-c2ccccc2Cl)c1. The first-order chi connectivity index (χ1) is 11.6. The lowest BCUT2D eigenvalue weighted by Gasteiger charge is -2.15. The van der Waals surface area contributed by atoms with E-state index in [1.165, 1.54) is 6.92 Å². The van der Waals surface area contributed by atoms with Crippen LogP contribution in [-0.4, -0.2) is 5.91 Å². The molecule has 0 aromatic heterocycles. The second-order valence-electron chi connectivity index (χ2n) is 5.40. The van der Waals surface area contributed by atoms with E-state index >= 15 is 0 Å². The number of carbonyl (C=O) groups is 1. The molecule has 0 fully saturated rings. The van der Waals surface area contributed by atoms with Crippen molar-refractivity contribution in [3.63, 3.8) is 0 Å².